The van der Waals surface area contributed by atoms with Crippen LogP contribution in [0.2, 0.25) is 0 Å². The quantitative estimate of drug-likeness (QED) is 0.832. The Morgan fingerprint density at radius 3 is 2.73 bits per heavy atom. The first-order valence-electron chi connectivity index (χ1n) is 6.81. The summed E-state index contributed by atoms with van der Waals surface area (Å²) >= 11 is 0. The minimum absolute atomic E-state index is 0.224. The zero-order valence-corrected chi connectivity index (χ0v) is 12.0. The molecule has 0 unspecified atom stereocenters. The summed E-state index contributed by atoms with van der Waals surface area (Å²) in [6.07, 6.45) is 2.93. The van der Waals surface area contributed by atoms with Crippen LogP contribution < -0.4 is 11.1 Å². The van der Waals surface area contributed by atoms with Crippen molar-refractivity contribution in [3.63, 3.8) is 0 Å². The summed E-state index contributed by atoms with van der Waals surface area (Å²) in [5, 5.41) is 2.59. The highest BCUT2D eigenvalue weighted by Crippen LogP contribution is 2.14. The number of amides is 1. The Balaban J connectivity index is 1.73. The molecule has 0 atom stereocenters. The number of carbonyl (C=O) groups is 1. The third-order valence-corrected chi connectivity index (χ3v) is 2.92. The summed E-state index contributed by atoms with van der Waals surface area (Å²) in [6.45, 7) is 0.520. The Bertz CT molecular complexity index is 657. The van der Waals surface area contributed by atoms with E-state index >= 15 is 0 Å². The molecule has 2 rings (SSSR count). The summed E-state index contributed by atoms with van der Waals surface area (Å²) in [5.74, 6) is -0.378. The summed E-state index contributed by atoms with van der Waals surface area (Å²) in [7, 11) is 0. The number of benzene rings is 2. The van der Waals surface area contributed by atoms with Crippen molar-refractivity contribution in [1.29, 1.82) is 0 Å². The van der Waals surface area contributed by atoms with Crippen LogP contribution in [0.25, 0.3) is 6.08 Å². The monoisotopic (exact) mass is 300 g/mol. The van der Waals surface area contributed by atoms with Crippen molar-refractivity contribution >= 4 is 17.9 Å². The first kappa shape index (κ1) is 15.6. The first-order chi connectivity index (χ1) is 10.6. The van der Waals surface area contributed by atoms with Crippen molar-refractivity contribution in [3.8, 4) is 0 Å². The van der Waals surface area contributed by atoms with Crippen molar-refractivity contribution in [2.24, 2.45) is 0 Å². The van der Waals surface area contributed by atoms with E-state index in [0.29, 0.717) is 17.8 Å². The fraction of sp³-hybridized carbons (Fsp3) is 0.118. The lowest BCUT2D eigenvalue weighted by Gasteiger charge is -2.05. The van der Waals surface area contributed by atoms with Crippen molar-refractivity contribution in [1.82, 2.24) is 5.32 Å². The molecule has 114 valence electrons. The van der Waals surface area contributed by atoms with E-state index in [1.807, 2.05) is 30.3 Å². The number of anilines is 1. The predicted octanol–water partition coefficient (Wildman–Crippen LogP) is 3.35. The third kappa shape index (κ3) is 4.94. The van der Waals surface area contributed by atoms with Gasteiger partial charge in [0.25, 0.3) is 0 Å². The summed E-state index contributed by atoms with van der Waals surface area (Å²) in [5.41, 5.74) is 7.64. The van der Waals surface area contributed by atoms with E-state index in [4.69, 9.17) is 10.5 Å². The predicted molar refractivity (Wildman–Crippen MR) is 84.5 cm³/mol. The van der Waals surface area contributed by atoms with Gasteiger partial charge in [-0.15, -0.1) is 0 Å². The highest BCUT2D eigenvalue weighted by Gasteiger charge is 2.00. The average molecular weight is 300 g/mol. The van der Waals surface area contributed by atoms with E-state index in [1.165, 1.54) is 12.1 Å². The molecular weight excluding hydrogens is 283 g/mol. The standard InChI is InChI=1S/C17H17FN2O2/c18-15-9-8-14(16(19)11-15)7-4-10-20-17(21)22-12-13-5-2-1-3-6-13/h1-9,11H,10,12,19H2,(H,20,21). The van der Waals surface area contributed by atoms with Gasteiger partial charge in [-0.05, 0) is 23.3 Å². The fourth-order valence-electron chi connectivity index (χ4n) is 1.80. The minimum Gasteiger partial charge on any atom is -0.445 e. The van der Waals surface area contributed by atoms with Gasteiger partial charge in [0.05, 0.1) is 0 Å². The second kappa shape index (κ2) is 7.83. The zero-order valence-electron chi connectivity index (χ0n) is 12.0. The second-order valence-electron chi connectivity index (χ2n) is 4.62. The first-order valence-corrected chi connectivity index (χ1v) is 6.81. The summed E-state index contributed by atoms with van der Waals surface area (Å²) in [6, 6.07) is 13.6. The molecule has 0 saturated heterocycles. The molecular formula is C17H17FN2O2. The Hall–Kier alpha value is -2.82. The molecule has 5 heteroatoms. The number of nitrogen functional groups attached to an aromatic ring is 1. The molecule has 1 amide bonds. The van der Waals surface area contributed by atoms with Crippen LogP contribution in [0.5, 0.6) is 0 Å². The maximum absolute atomic E-state index is 12.9. The van der Waals surface area contributed by atoms with Gasteiger partial charge >= 0.3 is 6.09 Å². The number of nitrogens with one attached hydrogen (secondary N) is 1. The normalized spacial score (nSPS) is 10.6. The molecule has 0 bridgehead atoms. The topological polar surface area (TPSA) is 64.3 Å². The van der Waals surface area contributed by atoms with Gasteiger partial charge in [0.15, 0.2) is 0 Å². The Kier molecular flexibility index (Phi) is 5.54. The van der Waals surface area contributed by atoms with Crippen LogP contribution >= 0.6 is 0 Å². The molecule has 0 aromatic heterocycles. The lowest BCUT2D eigenvalue weighted by Crippen LogP contribution is -2.24. The van der Waals surface area contributed by atoms with Gasteiger partial charge in [0, 0.05) is 12.2 Å². The lowest BCUT2D eigenvalue weighted by molar-refractivity contribution is 0.141. The van der Waals surface area contributed by atoms with Gasteiger partial charge in [-0.3, -0.25) is 0 Å². The molecule has 2 aromatic carbocycles. The van der Waals surface area contributed by atoms with Gasteiger partial charge in [0.1, 0.15) is 12.4 Å². The SMILES string of the molecule is Nc1cc(F)ccc1C=CCNC(=O)OCc1ccccc1. The molecule has 0 spiro atoms. The maximum atomic E-state index is 12.9. The van der Waals surface area contributed by atoms with Gasteiger partial charge in [0.2, 0.25) is 0 Å². The molecule has 22 heavy (non-hydrogen) atoms. The van der Waals surface area contributed by atoms with Crippen molar-refractivity contribution < 1.29 is 13.9 Å². The summed E-state index contributed by atoms with van der Waals surface area (Å²) < 4.78 is 18.0. The van der Waals surface area contributed by atoms with Crippen LogP contribution in [0.15, 0.2) is 54.6 Å². The minimum atomic E-state index is -0.499. The van der Waals surface area contributed by atoms with Gasteiger partial charge in [-0.1, -0.05) is 48.6 Å². The van der Waals surface area contributed by atoms with Crippen LogP contribution in [0, 0.1) is 5.82 Å². The highest BCUT2D eigenvalue weighted by atomic mass is 19.1. The molecule has 0 aliphatic rings. The molecule has 0 aliphatic heterocycles. The van der Waals surface area contributed by atoms with E-state index < -0.39 is 6.09 Å². The summed E-state index contributed by atoms with van der Waals surface area (Å²) in [4.78, 5) is 11.5. The van der Waals surface area contributed by atoms with E-state index in [9.17, 15) is 9.18 Å². The lowest BCUT2D eigenvalue weighted by atomic mass is 10.1. The Morgan fingerprint density at radius 1 is 1.23 bits per heavy atom. The molecule has 0 aliphatic carbocycles. The van der Waals surface area contributed by atoms with E-state index in [-0.39, 0.29) is 12.4 Å². The number of rotatable bonds is 5. The van der Waals surface area contributed by atoms with Crippen molar-refractivity contribution in [2.45, 2.75) is 6.61 Å². The number of hydrogen-bond donors (Lipinski definition) is 2. The Labute approximate surface area is 128 Å². The Morgan fingerprint density at radius 2 is 2.00 bits per heavy atom. The van der Waals surface area contributed by atoms with Crippen molar-refractivity contribution in [2.75, 3.05) is 12.3 Å². The molecule has 0 heterocycles. The molecule has 0 saturated carbocycles. The van der Waals surface area contributed by atoms with Crippen LogP contribution in [-0.2, 0) is 11.3 Å². The smallest absolute Gasteiger partial charge is 0.407 e. The largest absolute Gasteiger partial charge is 0.445 e. The number of halogens is 1. The molecule has 0 radical (unpaired) electrons. The third-order valence-electron chi connectivity index (χ3n) is 2.92. The van der Waals surface area contributed by atoms with Gasteiger partial charge in [-0.2, -0.15) is 0 Å². The average Bonchev–Trinajstić information content (AvgIpc) is 2.52. The van der Waals surface area contributed by atoms with Gasteiger partial charge in [-0.25, -0.2) is 9.18 Å². The van der Waals surface area contributed by atoms with Gasteiger partial charge < -0.3 is 15.8 Å². The van der Waals surface area contributed by atoms with Crippen LogP contribution in [0.3, 0.4) is 0 Å². The molecule has 3 N–H and O–H groups in total. The maximum Gasteiger partial charge on any atom is 0.407 e. The second-order valence-corrected chi connectivity index (χ2v) is 4.62. The fourth-order valence-corrected chi connectivity index (χ4v) is 1.80. The molecule has 0 fully saturated rings. The van der Waals surface area contributed by atoms with Crippen LogP contribution in [-0.4, -0.2) is 12.6 Å². The van der Waals surface area contributed by atoms with Crippen LogP contribution in [0.4, 0.5) is 14.9 Å². The highest BCUT2D eigenvalue weighted by molar-refractivity contribution is 5.68. The number of alkyl carbamates (subject to hydrolysis) is 1. The number of hydrogen-bond acceptors (Lipinski definition) is 3. The van der Waals surface area contributed by atoms with Crippen LogP contribution in [0.1, 0.15) is 11.1 Å². The zero-order chi connectivity index (χ0) is 15.8. The van der Waals surface area contributed by atoms with Crippen molar-refractivity contribution in [3.05, 3.63) is 71.6 Å². The number of nitrogens with two attached hydrogens (primary N) is 1. The van der Waals surface area contributed by atoms with E-state index in [1.54, 1.807) is 18.2 Å². The molecule has 4 nitrogen and oxygen atoms in total. The number of ether oxygens (including phenoxy) is 1. The molecule has 2 aromatic rings. The van der Waals surface area contributed by atoms with E-state index in [0.717, 1.165) is 5.56 Å². The van der Waals surface area contributed by atoms with E-state index in [2.05, 4.69) is 5.32 Å². The number of carbonyl (C=O) groups excluding carboxylic acids is 1.